The Hall–Kier alpha value is -3.61. The second-order valence-corrected chi connectivity index (χ2v) is 8.57. The average molecular weight is 470 g/mol. The fourth-order valence-electron chi connectivity index (χ4n) is 2.99. The molecular formula is C19H17F3N4O5S. The van der Waals surface area contributed by atoms with Crippen molar-refractivity contribution in [3.8, 4) is 5.75 Å². The van der Waals surface area contributed by atoms with Crippen LogP contribution in [0.15, 0.2) is 59.8 Å². The van der Waals surface area contributed by atoms with Crippen molar-refractivity contribution in [2.75, 3.05) is 12.4 Å². The Kier molecular flexibility index (Phi) is 6.12. The number of nitrogens with zero attached hydrogens (tertiary/aromatic N) is 3. The van der Waals surface area contributed by atoms with Gasteiger partial charge in [0.1, 0.15) is 23.3 Å². The van der Waals surface area contributed by atoms with Gasteiger partial charge in [0.15, 0.2) is 0 Å². The molecule has 0 amide bonds. The number of rotatable bonds is 7. The molecule has 32 heavy (non-hydrogen) atoms. The first-order chi connectivity index (χ1) is 15.0. The number of imidazole rings is 1. The van der Waals surface area contributed by atoms with Crippen LogP contribution in [0.5, 0.6) is 5.75 Å². The maximum atomic E-state index is 12.9. The van der Waals surface area contributed by atoms with Crippen LogP contribution in [0.3, 0.4) is 0 Å². The van der Waals surface area contributed by atoms with Crippen LogP contribution in [0.4, 0.5) is 24.5 Å². The third kappa shape index (κ3) is 4.37. The lowest BCUT2D eigenvalue weighted by Crippen LogP contribution is -2.23. The average Bonchev–Trinajstić information content (AvgIpc) is 3.16. The highest BCUT2D eigenvalue weighted by Crippen LogP contribution is 2.37. The van der Waals surface area contributed by atoms with Crippen LogP contribution in [0, 0.1) is 10.1 Å². The third-order valence-electron chi connectivity index (χ3n) is 4.65. The number of ether oxygens (including phenoxy) is 1. The molecule has 1 N–H and O–H groups in total. The van der Waals surface area contributed by atoms with Gasteiger partial charge in [-0.1, -0.05) is 12.1 Å². The highest BCUT2D eigenvalue weighted by molar-refractivity contribution is 7.92. The quantitative estimate of drug-likeness (QED) is 0.412. The molecule has 1 heterocycles. The number of aromatic nitrogens is 2. The molecular weight excluding hydrogens is 453 g/mol. The number of hydrogen-bond acceptors (Lipinski definition) is 7. The Morgan fingerprint density at radius 1 is 1.19 bits per heavy atom. The molecule has 13 heteroatoms. The molecule has 0 aliphatic carbocycles. The second kappa shape index (κ2) is 8.49. The molecule has 3 aromatic rings. The molecule has 170 valence electrons. The Morgan fingerprint density at radius 3 is 2.34 bits per heavy atom. The van der Waals surface area contributed by atoms with Gasteiger partial charge in [0.05, 0.1) is 16.9 Å². The van der Waals surface area contributed by atoms with Crippen LogP contribution in [0.1, 0.15) is 17.4 Å². The van der Waals surface area contributed by atoms with Crippen molar-refractivity contribution in [2.45, 2.75) is 16.4 Å². The van der Waals surface area contributed by atoms with Gasteiger partial charge < -0.3 is 14.6 Å². The topological polar surface area (TPSA) is 116 Å². The number of nitrogens with one attached hydrogen (secondary N) is 1. The van der Waals surface area contributed by atoms with Crippen LogP contribution in [-0.2, 0) is 16.9 Å². The lowest BCUT2D eigenvalue weighted by molar-refractivity contribution is -0.384. The molecule has 0 radical (unpaired) electrons. The van der Waals surface area contributed by atoms with Crippen LogP contribution in [-0.4, -0.2) is 35.5 Å². The van der Waals surface area contributed by atoms with E-state index in [0.29, 0.717) is 29.3 Å². The molecule has 3 rings (SSSR count). The van der Waals surface area contributed by atoms with E-state index >= 15 is 0 Å². The first-order valence-corrected chi connectivity index (χ1v) is 10.4. The number of benzene rings is 2. The van der Waals surface area contributed by atoms with Gasteiger partial charge in [-0.2, -0.15) is 13.2 Å². The Labute approximate surface area is 180 Å². The fraction of sp³-hybridized carbons (Fsp3) is 0.211. The summed E-state index contributed by atoms with van der Waals surface area (Å²) in [5.74, 6) is 1.02. The SMILES string of the molecule is COc1ccc([C@H](Nc2ccc(S(=O)(=O)C(F)(F)F)cc2[N+](=O)[O-])c2nccn2C)cc1. The highest BCUT2D eigenvalue weighted by atomic mass is 32.2. The predicted octanol–water partition coefficient (Wildman–Crippen LogP) is 3.83. The number of aryl methyl sites for hydroxylation is 1. The van der Waals surface area contributed by atoms with E-state index in [1.54, 1.807) is 42.1 Å². The zero-order valence-corrected chi connectivity index (χ0v) is 17.5. The summed E-state index contributed by atoms with van der Waals surface area (Å²) in [4.78, 5) is 13.6. The molecule has 0 spiro atoms. The number of sulfone groups is 1. The van der Waals surface area contributed by atoms with E-state index < -0.39 is 36.9 Å². The summed E-state index contributed by atoms with van der Waals surface area (Å²) in [6.07, 6.45) is 3.17. The molecule has 1 atom stereocenters. The van der Waals surface area contributed by atoms with Gasteiger partial charge in [0.2, 0.25) is 0 Å². The molecule has 0 fully saturated rings. The number of alkyl halides is 3. The normalized spacial score (nSPS) is 12.9. The fourth-order valence-corrected chi connectivity index (χ4v) is 3.77. The van der Waals surface area contributed by atoms with Crippen LogP contribution in [0.25, 0.3) is 0 Å². The number of anilines is 1. The zero-order valence-electron chi connectivity index (χ0n) is 16.7. The van der Waals surface area contributed by atoms with Gasteiger partial charge in [0.25, 0.3) is 15.5 Å². The maximum absolute atomic E-state index is 12.9. The summed E-state index contributed by atoms with van der Waals surface area (Å²) in [5, 5.41) is 14.5. The number of halogens is 3. The summed E-state index contributed by atoms with van der Waals surface area (Å²) in [6.45, 7) is 0. The van der Waals surface area contributed by atoms with Gasteiger partial charge in [0, 0.05) is 25.5 Å². The standard InChI is InChI=1S/C19H17F3N4O5S/c1-25-10-9-23-18(25)17(12-3-5-13(31-2)6-4-12)24-15-8-7-14(11-16(15)26(27)28)32(29,30)19(20,21)22/h3-11,17,24H,1-2H3/t17-/m0/s1. The van der Waals surface area contributed by atoms with Crippen molar-refractivity contribution in [1.29, 1.82) is 0 Å². The molecule has 0 saturated carbocycles. The summed E-state index contributed by atoms with van der Waals surface area (Å²) in [7, 11) is -2.56. The predicted molar refractivity (Wildman–Crippen MR) is 108 cm³/mol. The van der Waals surface area contributed by atoms with E-state index in [0.717, 1.165) is 6.07 Å². The van der Waals surface area contributed by atoms with Crippen molar-refractivity contribution in [3.63, 3.8) is 0 Å². The monoisotopic (exact) mass is 470 g/mol. The van der Waals surface area contributed by atoms with E-state index in [-0.39, 0.29) is 5.69 Å². The van der Waals surface area contributed by atoms with E-state index in [1.807, 2.05) is 0 Å². The number of nitro benzene ring substituents is 1. The van der Waals surface area contributed by atoms with Crippen LogP contribution < -0.4 is 10.1 Å². The van der Waals surface area contributed by atoms with Crippen molar-refractivity contribution in [1.82, 2.24) is 9.55 Å². The lowest BCUT2D eigenvalue weighted by Gasteiger charge is -2.21. The van der Waals surface area contributed by atoms with Crippen LogP contribution in [0.2, 0.25) is 0 Å². The van der Waals surface area contributed by atoms with E-state index in [4.69, 9.17) is 4.74 Å². The first-order valence-electron chi connectivity index (χ1n) is 8.93. The minimum absolute atomic E-state index is 0.181. The largest absolute Gasteiger partial charge is 0.501 e. The highest BCUT2D eigenvalue weighted by Gasteiger charge is 2.47. The van der Waals surface area contributed by atoms with Gasteiger partial charge in [-0.15, -0.1) is 0 Å². The van der Waals surface area contributed by atoms with E-state index in [1.165, 1.54) is 13.3 Å². The van der Waals surface area contributed by atoms with Gasteiger partial charge in [-0.05, 0) is 29.8 Å². The minimum Gasteiger partial charge on any atom is -0.497 e. The zero-order chi connectivity index (χ0) is 23.7. The molecule has 0 aliphatic rings. The molecule has 0 bridgehead atoms. The molecule has 9 nitrogen and oxygen atoms in total. The second-order valence-electron chi connectivity index (χ2n) is 6.63. The van der Waals surface area contributed by atoms with Crippen molar-refractivity contribution in [3.05, 3.63) is 76.4 Å². The lowest BCUT2D eigenvalue weighted by atomic mass is 10.0. The molecule has 0 unspecified atom stereocenters. The van der Waals surface area contributed by atoms with E-state index in [2.05, 4.69) is 10.3 Å². The Balaban J connectivity index is 2.09. The summed E-state index contributed by atoms with van der Waals surface area (Å²) in [5.41, 5.74) is -5.97. The Bertz CT molecular complexity index is 1240. The molecule has 0 saturated heterocycles. The maximum Gasteiger partial charge on any atom is 0.501 e. The van der Waals surface area contributed by atoms with Crippen molar-refractivity contribution < 1.29 is 31.2 Å². The number of nitro groups is 1. The minimum atomic E-state index is -5.75. The third-order valence-corrected chi connectivity index (χ3v) is 6.13. The first kappa shape index (κ1) is 23.1. The smallest absolute Gasteiger partial charge is 0.497 e. The number of methoxy groups -OCH3 is 1. The summed E-state index contributed by atoms with van der Waals surface area (Å²) < 4.78 is 68.8. The number of hydrogen-bond donors (Lipinski definition) is 1. The van der Waals surface area contributed by atoms with Crippen LogP contribution >= 0.6 is 0 Å². The Morgan fingerprint density at radius 2 is 1.84 bits per heavy atom. The summed E-state index contributed by atoms with van der Waals surface area (Å²) in [6, 6.07) is 7.95. The van der Waals surface area contributed by atoms with E-state index in [9.17, 15) is 31.7 Å². The van der Waals surface area contributed by atoms with Gasteiger partial charge in [-0.25, -0.2) is 13.4 Å². The molecule has 2 aromatic carbocycles. The van der Waals surface area contributed by atoms with Crippen molar-refractivity contribution in [2.24, 2.45) is 7.05 Å². The molecule has 1 aromatic heterocycles. The molecule has 0 aliphatic heterocycles. The van der Waals surface area contributed by atoms with Gasteiger partial charge in [-0.3, -0.25) is 10.1 Å². The van der Waals surface area contributed by atoms with Gasteiger partial charge >= 0.3 is 5.51 Å². The summed E-state index contributed by atoms with van der Waals surface area (Å²) >= 11 is 0. The van der Waals surface area contributed by atoms with Crippen molar-refractivity contribution >= 4 is 21.2 Å².